The quantitative estimate of drug-likeness (QED) is 0.219. The van der Waals surface area contributed by atoms with Gasteiger partial charge in [0, 0.05) is 0 Å². The monoisotopic (exact) mass is 114 g/mol. The van der Waals surface area contributed by atoms with Gasteiger partial charge in [-0.25, -0.2) is 0 Å². The van der Waals surface area contributed by atoms with Gasteiger partial charge in [0.05, 0.1) is 0 Å². The molecule has 0 aliphatic heterocycles. The predicted molar refractivity (Wildman–Crippen MR) is 34.3 cm³/mol. The summed E-state index contributed by atoms with van der Waals surface area (Å²) in [6.07, 6.45) is 8.67. The van der Waals surface area contributed by atoms with E-state index in [-0.39, 0.29) is 18.9 Å². The largest absolute Gasteiger partial charge is 1.00 e. The van der Waals surface area contributed by atoms with E-state index < -0.39 is 0 Å². The van der Waals surface area contributed by atoms with Gasteiger partial charge in [0.1, 0.15) is 0 Å². The van der Waals surface area contributed by atoms with E-state index in [1.54, 1.807) is 0 Å². The molecule has 0 N–H and O–H groups in total. The molecule has 0 aromatic rings. The minimum Gasteiger partial charge on any atom is -0.333 e. The summed E-state index contributed by atoms with van der Waals surface area (Å²) in [5.41, 5.74) is 0.380. The Morgan fingerprint density at radius 3 is 2.44 bits per heavy atom. The van der Waals surface area contributed by atoms with Crippen LogP contribution in [0.15, 0.2) is 12.2 Å². The zero-order valence-corrected chi connectivity index (χ0v) is 6.06. The van der Waals surface area contributed by atoms with Crippen molar-refractivity contribution in [2.45, 2.75) is 19.3 Å². The molecule has 0 amide bonds. The Balaban J connectivity index is 0.000000405. The molecule has 2 aliphatic carbocycles. The van der Waals surface area contributed by atoms with Crippen LogP contribution in [0.25, 0.3) is 0 Å². The fourth-order valence-electron chi connectivity index (χ4n) is 1.85. The van der Waals surface area contributed by atoms with Gasteiger partial charge in [-0.15, -0.1) is 11.5 Å². The topological polar surface area (TPSA) is 0 Å². The Bertz CT molecular complexity index is 140. The van der Waals surface area contributed by atoms with E-state index in [0.717, 1.165) is 5.92 Å². The molecule has 2 unspecified atom stereocenters. The summed E-state index contributed by atoms with van der Waals surface area (Å²) in [4.78, 5) is 0. The predicted octanol–water partition coefficient (Wildman–Crippen LogP) is -0.819. The summed E-state index contributed by atoms with van der Waals surface area (Å²) in [7, 11) is 0. The maximum Gasteiger partial charge on any atom is 1.00 e. The van der Waals surface area contributed by atoms with Crippen molar-refractivity contribution < 1.29 is 18.9 Å². The smallest absolute Gasteiger partial charge is 0.333 e. The number of hydrogen-bond donors (Lipinski definition) is 0. The Kier molecular flexibility index (Phi) is 1.81. The molecule has 44 valence electrons. The summed E-state index contributed by atoms with van der Waals surface area (Å²) >= 11 is 0. The van der Waals surface area contributed by atoms with Crippen LogP contribution in [-0.4, -0.2) is 0 Å². The fraction of sp³-hybridized carbons (Fsp3) is 0.625. The molecule has 2 aliphatic rings. The van der Waals surface area contributed by atoms with E-state index in [4.69, 9.17) is 0 Å². The van der Waals surface area contributed by atoms with Crippen molar-refractivity contribution in [3.63, 3.8) is 0 Å². The van der Waals surface area contributed by atoms with Gasteiger partial charge in [0.2, 0.25) is 0 Å². The zero-order chi connectivity index (χ0) is 5.61. The molecule has 0 radical (unpaired) electrons. The van der Waals surface area contributed by atoms with E-state index in [1.807, 2.05) is 0 Å². The average Bonchev–Trinajstić information content (AvgIpc) is 2.21. The Morgan fingerprint density at radius 1 is 1.56 bits per heavy atom. The van der Waals surface area contributed by atoms with Crippen molar-refractivity contribution in [1.29, 1.82) is 0 Å². The molecular formula is C8H11Li. The maximum atomic E-state index is 4.14. The van der Waals surface area contributed by atoms with Crippen LogP contribution in [-0.2, 0) is 0 Å². The molecule has 0 heterocycles. The first-order valence-corrected chi connectivity index (χ1v) is 3.33. The van der Waals surface area contributed by atoms with Crippen LogP contribution >= 0.6 is 0 Å². The number of allylic oxidation sites excluding steroid dienone is 2. The van der Waals surface area contributed by atoms with E-state index in [0.29, 0.717) is 5.41 Å². The van der Waals surface area contributed by atoms with E-state index >= 15 is 0 Å². The average molecular weight is 114 g/mol. The molecular weight excluding hydrogens is 103 g/mol. The molecule has 1 heteroatoms. The molecule has 2 bridgehead atoms. The number of rotatable bonds is 0. The summed E-state index contributed by atoms with van der Waals surface area (Å²) in [6.45, 7) is 4.14. The van der Waals surface area contributed by atoms with Gasteiger partial charge < -0.3 is 6.92 Å². The maximum absolute atomic E-state index is 4.14. The Hall–Kier alpha value is 0.337. The molecule has 9 heavy (non-hydrogen) atoms. The van der Waals surface area contributed by atoms with Crippen molar-refractivity contribution in [2.24, 2.45) is 11.3 Å². The Morgan fingerprint density at radius 2 is 2.33 bits per heavy atom. The molecule has 0 spiro atoms. The normalized spacial score (nSPS) is 45.2. The minimum absolute atomic E-state index is 0. The summed E-state index contributed by atoms with van der Waals surface area (Å²) in [6, 6.07) is 0. The molecule has 1 fully saturated rings. The third-order valence-electron chi connectivity index (χ3n) is 2.40. The van der Waals surface area contributed by atoms with Crippen molar-refractivity contribution in [1.82, 2.24) is 0 Å². The summed E-state index contributed by atoms with van der Waals surface area (Å²) < 4.78 is 0. The first kappa shape index (κ1) is 7.44. The second kappa shape index (κ2) is 2.18. The van der Waals surface area contributed by atoms with Gasteiger partial charge in [0.15, 0.2) is 0 Å². The van der Waals surface area contributed by atoms with Crippen LogP contribution in [0, 0.1) is 18.3 Å². The van der Waals surface area contributed by atoms with Crippen molar-refractivity contribution in [3.8, 4) is 0 Å². The van der Waals surface area contributed by atoms with Crippen LogP contribution in [0.2, 0.25) is 0 Å². The van der Waals surface area contributed by atoms with Crippen LogP contribution in [0.1, 0.15) is 19.3 Å². The van der Waals surface area contributed by atoms with Crippen LogP contribution in [0.3, 0.4) is 0 Å². The third kappa shape index (κ3) is 1.11. The summed E-state index contributed by atoms with van der Waals surface area (Å²) in [5, 5.41) is 0. The standard InChI is InChI=1S/C8H11.Li/c1-8-4-2-7(6-8)3-5-8;/h2,4,7H,1,3,5-6H2;/q-1;+1. The third-order valence-corrected chi connectivity index (χ3v) is 2.40. The van der Waals surface area contributed by atoms with Gasteiger partial charge in [-0.1, -0.05) is 18.9 Å². The minimum atomic E-state index is 0. The fourth-order valence-corrected chi connectivity index (χ4v) is 1.85. The van der Waals surface area contributed by atoms with Crippen LogP contribution in [0.4, 0.5) is 0 Å². The molecule has 0 saturated heterocycles. The molecule has 2 atom stereocenters. The van der Waals surface area contributed by atoms with Gasteiger partial charge in [-0.2, -0.15) is 0 Å². The number of fused-ring (bicyclic) bond motifs is 2. The van der Waals surface area contributed by atoms with E-state index in [2.05, 4.69) is 19.1 Å². The number of hydrogen-bond acceptors (Lipinski definition) is 0. The van der Waals surface area contributed by atoms with E-state index in [1.165, 1.54) is 19.3 Å². The van der Waals surface area contributed by atoms with Crippen LogP contribution < -0.4 is 18.9 Å². The molecule has 0 aromatic carbocycles. The molecule has 2 rings (SSSR count). The van der Waals surface area contributed by atoms with Crippen molar-refractivity contribution in [2.75, 3.05) is 0 Å². The Labute approximate surface area is 68.9 Å². The molecule has 0 nitrogen and oxygen atoms in total. The second-order valence-electron chi connectivity index (χ2n) is 3.22. The van der Waals surface area contributed by atoms with Gasteiger partial charge >= 0.3 is 18.9 Å². The van der Waals surface area contributed by atoms with Gasteiger partial charge in [0.25, 0.3) is 0 Å². The SMILES string of the molecule is [CH2-]C12C=CC(CC1)C2.[Li+]. The first-order valence-electron chi connectivity index (χ1n) is 3.33. The summed E-state index contributed by atoms with van der Waals surface area (Å²) in [5.74, 6) is 0.896. The van der Waals surface area contributed by atoms with Crippen LogP contribution in [0.5, 0.6) is 0 Å². The van der Waals surface area contributed by atoms with Crippen molar-refractivity contribution >= 4 is 0 Å². The van der Waals surface area contributed by atoms with Crippen molar-refractivity contribution in [3.05, 3.63) is 19.1 Å². The molecule has 0 aromatic heterocycles. The molecule has 1 saturated carbocycles. The van der Waals surface area contributed by atoms with Gasteiger partial charge in [-0.3, -0.25) is 0 Å². The zero-order valence-electron chi connectivity index (χ0n) is 6.06. The second-order valence-corrected chi connectivity index (χ2v) is 3.22. The van der Waals surface area contributed by atoms with E-state index in [9.17, 15) is 0 Å². The first-order chi connectivity index (χ1) is 3.79. The van der Waals surface area contributed by atoms with Gasteiger partial charge in [-0.05, 0) is 12.3 Å².